The summed E-state index contributed by atoms with van der Waals surface area (Å²) in [6.45, 7) is 0. The van der Waals surface area contributed by atoms with Crippen molar-refractivity contribution in [2.45, 2.75) is 6.42 Å². The van der Waals surface area contributed by atoms with E-state index in [9.17, 15) is 9.90 Å². The van der Waals surface area contributed by atoms with Gasteiger partial charge in [-0.1, -0.05) is 18.2 Å². The van der Waals surface area contributed by atoms with E-state index in [1.54, 1.807) is 23.9 Å². The molecule has 86 valence electrons. The fourth-order valence-corrected chi connectivity index (χ4v) is 1.64. The number of phenolic OH excluding ortho intramolecular Hbond substituents is 1. The Labute approximate surface area is 98.0 Å². The second kappa shape index (κ2) is 4.63. The molecule has 1 N–H and O–H groups in total. The van der Waals surface area contributed by atoms with Crippen LogP contribution in [0.25, 0.3) is 0 Å². The summed E-state index contributed by atoms with van der Waals surface area (Å²) >= 11 is 0. The molecule has 1 aromatic heterocycles. The lowest BCUT2D eigenvalue weighted by Crippen LogP contribution is -1.99. The lowest BCUT2D eigenvalue weighted by Gasteiger charge is -2.05. The van der Waals surface area contributed by atoms with Crippen LogP contribution in [-0.2, 0) is 18.3 Å². The van der Waals surface area contributed by atoms with Crippen molar-refractivity contribution < 1.29 is 9.90 Å². The van der Waals surface area contributed by atoms with E-state index in [4.69, 9.17) is 0 Å². The van der Waals surface area contributed by atoms with Gasteiger partial charge in [-0.25, -0.2) is 4.79 Å². The fourth-order valence-electron chi connectivity index (χ4n) is 1.64. The first-order valence-electron chi connectivity index (χ1n) is 5.08. The first-order chi connectivity index (χ1) is 8.22. The van der Waals surface area contributed by atoms with Crippen LogP contribution < -0.4 is 0 Å². The summed E-state index contributed by atoms with van der Waals surface area (Å²) in [4.78, 5) is 13.9. The van der Waals surface area contributed by atoms with Crippen molar-refractivity contribution in [3.63, 3.8) is 0 Å². The second-order valence-electron chi connectivity index (χ2n) is 3.61. The van der Waals surface area contributed by atoms with Crippen molar-refractivity contribution in [1.82, 2.24) is 9.78 Å². The minimum Gasteiger partial charge on any atom is -0.508 e. The number of carbonyl (C=O) groups excluding carboxylic acids is 1. The van der Waals surface area contributed by atoms with Gasteiger partial charge in [-0.2, -0.15) is 10.1 Å². The van der Waals surface area contributed by atoms with Gasteiger partial charge in [0.2, 0.25) is 6.08 Å². The van der Waals surface area contributed by atoms with Crippen LogP contribution >= 0.6 is 0 Å². The maximum absolute atomic E-state index is 10.3. The summed E-state index contributed by atoms with van der Waals surface area (Å²) < 4.78 is 1.63. The van der Waals surface area contributed by atoms with E-state index in [1.165, 1.54) is 12.3 Å². The zero-order valence-electron chi connectivity index (χ0n) is 9.29. The Hall–Kier alpha value is -2.39. The van der Waals surface area contributed by atoms with Gasteiger partial charge in [-0.3, -0.25) is 4.68 Å². The zero-order valence-corrected chi connectivity index (χ0v) is 9.29. The normalized spacial score (nSPS) is 9.94. The zero-order chi connectivity index (χ0) is 12.3. The third kappa shape index (κ3) is 2.24. The van der Waals surface area contributed by atoms with E-state index in [0.29, 0.717) is 12.1 Å². The topological polar surface area (TPSA) is 67.5 Å². The predicted molar refractivity (Wildman–Crippen MR) is 61.9 cm³/mol. The van der Waals surface area contributed by atoms with Gasteiger partial charge in [-0.05, 0) is 11.6 Å². The molecule has 0 spiro atoms. The van der Waals surface area contributed by atoms with Crippen LogP contribution in [0, 0.1) is 0 Å². The molecule has 0 amide bonds. The Balaban J connectivity index is 2.39. The molecule has 0 aliphatic rings. The van der Waals surface area contributed by atoms with E-state index >= 15 is 0 Å². The molecule has 0 fully saturated rings. The molecular weight excluding hydrogens is 218 g/mol. The maximum Gasteiger partial charge on any atom is 0.240 e. The predicted octanol–water partition coefficient (Wildman–Crippen LogP) is 1.68. The van der Waals surface area contributed by atoms with Crippen molar-refractivity contribution in [2.24, 2.45) is 12.0 Å². The first-order valence-corrected chi connectivity index (χ1v) is 5.08. The largest absolute Gasteiger partial charge is 0.508 e. The molecule has 0 saturated heterocycles. The molecular formula is C12H11N3O2. The summed E-state index contributed by atoms with van der Waals surface area (Å²) in [5, 5.41) is 13.7. The van der Waals surface area contributed by atoms with Gasteiger partial charge < -0.3 is 5.11 Å². The molecule has 2 rings (SSSR count). The van der Waals surface area contributed by atoms with Crippen LogP contribution in [0.2, 0.25) is 0 Å². The summed E-state index contributed by atoms with van der Waals surface area (Å²) in [5.74, 6) is 0.217. The highest BCUT2D eigenvalue weighted by Crippen LogP contribution is 2.24. The minimum atomic E-state index is 0.217. The van der Waals surface area contributed by atoms with Crippen molar-refractivity contribution in [2.75, 3.05) is 0 Å². The smallest absolute Gasteiger partial charge is 0.240 e. The molecule has 0 atom stereocenters. The van der Waals surface area contributed by atoms with Crippen molar-refractivity contribution in [1.29, 1.82) is 0 Å². The van der Waals surface area contributed by atoms with E-state index in [2.05, 4.69) is 10.1 Å². The third-order valence-electron chi connectivity index (χ3n) is 2.56. The minimum absolute atomic E-state index is 0.217. The molecule has 0 bridgehead atoms. The van der Waals surface area contributed by atoms with Gasteiger partial charge in [0.15, 0.2) is 0 Å². The van der Waals surface area contributed by atoms with Gasteiger partial charge in [0, 0.05) is 13.5 Å². The number of rotatable bonds is 3. The van der Waals surface area contributed by atoms with Gasteiger partial charge in [0.05, 0.1) is 11.9 Å². The van der Waals surface area contributed by atoms with Crippen LogP contribution in [0.5, 0.6) is 5.75 Å². The van der Waals surface area contributed by atoms with E-state index in [-0.39, 0.29) is 5.75 Å². The number of aromatic hydroxyl groups is 1. The van der Waals surface area contributed by atoms with E-state index < -0.39 is 0 Å². The van der Waals surface area contributed by atoms with E-state index in [1.807, 2.05) is 12.1 Å². The highest BCUT2D eigenvalue weighted by atomic mass is 16.3. The number of aromatic nitrogens is 2. The van der Waals surface area contributed by atoms with Gasteiger partial charge in [-0.15, -0.1) is 0 Å². The Kier molecular flexibility index (Phi) is 3.03. The number of hydrogen-bond donors (Lipinski definition) is 1. The van der Waals surface area contributed by atoms with Crippen molar-refractivity contribution in [3.8, 4) is 5.75 Å². The quantitative estimate of drug-likeness (QED) is 0.643. The fraction of sp³-hybridized carbons (Fsp3) is 0.167. The van der Waals surface area contributed by atoms with Gasteiger partial charge in [0.1, 0.15) is 11.4 Å². The van der Waals surface area contributed by atoms with Crippen LogP contribution in [0.1, 0.15) is 11.3 Å². The molecule has 17 heavy (non-hydrogen) atoms. The Bertz CT molecular complexity index is 583. The van der Waals surface area contributed by atoms with Gasteiger partial charge in [0.25, 0.3) is 0 Å². The molecule has 0 aliphatic heterocycles. The average molecular weight is 229 g/mol. The SMILES string of the molecule is Cn1ncc(N=C=O)c1Cc1ccccc1O. The molecule has 2 aromatic rings. The first kappa shape index (κ1) is 11.1. The number of nitrogens with zero attached hydrogens (tertiary/aromatic N) is 3. The molecule has 1 aromatic carbocycles. The van der Waals surface area contributed by atoms with Crippen LogP contribution in [0.3, 0.4) is 0 Å². The van der Waals surface area contributed by atoms with Crippen molar-refractivity contribution in [3.05, 3.63) is 41.7 Å². The number of benzene rings is 1. The van der Waals surface area contributed by atoms with E-state index in [0.717, 1.165) is 11.3 Å². The Morgan fingerprint density at radius 1 is 1.47 bits per heavy atom. The third-order valence-corrected chi connectivity index (χ3v) is 2.56. The summed E-state index contributed by atoms with van der Waals surface area (Å²) in [6.07, 6.45) is 3.46. The van der Waals surface area contributed by atoms with Crippen LogP contribution in [0.15, 0.2) is 35.5 Å². The number of phenols is 1. The standard InChI is InChI=1S/C12H11N3O2/c1-15-11(10(7-14-15)13-8-16)6-9-4-2-3-5-12(9)17/h2-5,7,17H,6H2,1H3. The average Bonchev–Trinajstić information content (AvgIpc) is 2.65. The Morgan fingerprint density at radius 2 is 2.24 bits per heavy atom. The summed E-state index contributed by atoms with van der Waals surface area (Å²) in [5.41, 5.74) is 2.00. The molecule has 1 heterocycles. The lowest BCUT2D eigenvalue weighted by atomic mass is 10.1. The molecule has 0 aliphatic carbocycles. The van der Waals surface area contributed by atoms with Crippen LogP contribution in [-0.4, -0.2) is 21.0 Å². The number of aryl methyl sites for hydroxylation is 1. The monoisotopic (exact) mass is 229 g/mol. The molecule has 5 nitrogen and oxygen atoms in total. The number of para-hydroxylation sites is 1. The molecule has 0 saturated carbocycles. The van der Waals surface area contributed by atoms with Crippen molar-refractivity contribution >= 4 is 11.8 Å². The molecule has 0 unspecified atom stereocenters. The number of aliphatic imine (C=N–C) groups is 1. The Morgan fingerprint density at radius 3 is 2.94 bits per heavy atom. The van der Waals surface area contributed by atoms with Gasteiger partial charge >= 0.3 is 0 Å². The molecule has 0 radical (unpaired) electrons. The summed E-state index contributed by atoms with van der Waals surface area (Å²) in [6, 6.07) is 7.03. The van der Waals surface area contributed by atoms with Crippen LogP contribution in [0.4, 0.5) is 5.69 Å². The molecule has 5 heteroatoms. The highest BCUT2D eigenvalue weighted by molar-refractivity contribution is 5.52. The maximum atomic E-state index is 10.3. The second-order valence-corrected chi connectivity index (χ2v) is 3.61. The number of hydrogen-bond acceptors (Lipinski definition) is 4. The number of isocyanates is 1. The highest BCUT2D eigenvalue weighted by Gasteiger charge is 2.10. The summed E-state index contributed by atoms with van der Waals surface area (Å²) in [7, 11) is 1.76. The lowest BCUT2D eigenvalue weighted by molar-refractivity contribution is 0.469.